The number of rotatable bonds is 7. The van der Waals surface area contributed by atoms with Crippen LogP contribution in [0.4, 0.5) is 0 Å². The molecule has 0 saturated carbocycles. The summed E-state index contributed by atoms with van der Waals surface area (Å²) in [7, 11) is -3.11. The van der Waals surface area contributed by atoms with Crippen molar-refractivity contribution >= 4 is 32.5 Å². The average Bonchev–Trinajstić information content (AvgIpc) is 3.06. The zero-order valence-corrected chi connectivity index (χ0v) is 17.7. The molecule has 3 rings (SSSR count). The molecule has 0 N–H and O–H groups in total. The van der Waals surface area contributed by atoms with Gasteiger partial charge in [0.15, 0.2) is 16.4 Å². The summed E-state index contributed by atoms with van der Waals surface area (Å²) in [5.41, 5.74) is 0.848. The lowest BCUT2D eigenvalue weighted by molar-refractivity contribution is -0.153. The second-order valence-electron chi connectivity index (χ2n) is 7.59. The van der Waals surface area contributed by atoms with Gasteiger partial charge in [0.1, 0.15) is 0 Å². The number of ether oxygens (including phenoxy) is 1. The SMILES string of the molecule is CC[C@H](C)N(C(=O)COC(=O)Cc1cccc2ccccc12)[C@H]1CCS(=O)(=O)C1. The van der Waals surface area contributed by atoms with E-state index in [4.69, 9.17) is 4.74 Å². The molecule has 1 fully saturated rings. The van der Waals surface area contributed by atoms with Crippen LogP contribution in [0.3, 0.4) is 0 Å². The minimum absolute atomic E-state index is 0.0208. The molecule has 6 nitrogen and oxygen atoms in total. The van der Waals surface area contributed by atoms with E-state index in [9.17, 15) is 18.0 Å². The third-order valence-corrected chi connectivity index (χ3v) is 7.28. The van der Waals surface area contributed by atoms with E-state index in [0.717, 1.165) is 16.3 Å². The van der Waals surface area contributed by atoms with Crippen molar-refractivity contribution < 1.29 is 22.7 Å². The fourth-order valence-electron chi connectivity index (χ4n) is 3.87. The fraction of sp³-hybridized carbons (Fsp3) is 0.455. The first-order chi connectivity index (χ1) is 13.8. The number of nitrogens with zero attached hydrogens (tertiary/aromatic N) is 1. The van der Waals surface area contributed by atoms with Crippen molar-refractivity contribution in [2.75, 3.05) is 18.1 Å². The topological polar surface area (TPSA) is 80.8 Å². The van der Waals surface area contributed by atoms with Gasteiger partial charge < -0.3 is 9.64 Å². The number of carbonyl (C=O) groups excluding carboxylic acids is 2. The highest BCUT2D eigenvalue weighted by Gasteiger charge is 2.36. The number of sulfone groups is 1. The van der Waals surface area contributed by atoms with Gasteiger partial charge in [-0.2, -0.15) is 0 Å². The van der Waals surface area contributed by atoms with Crippen molar-refractivity contribution in [3.05, 3.63) is 48.0 Å². The zero-order valence-electron chi connectivity index (χ0n) is 16.8. The lowest BCUT2D eigenvalue weighted by atomic mass is 10.0. The van der Waals surface area contributed by atoms with Gasteiger partial charge in [0, 0.05) is 12.1 Å². The van der Waals surface area contributed by atoms with Gasteiger partial charge in [0.05, 0.1) is 17.9 Å². The maximum Gasteiger partial charge on any atom is 0.310 e. The van der Waals surface area contributed by atoms with Crippen molar-refractivity contribution in [3.63, 3.8) is 0 Å². The summed E-state index contributed by atoms with van der Waals surface area (Å²) in [5.74, 6) is -0.739. The molecule has 156 valence electrons. The van der Waals surface area contributed by atoms with Crippen LogP contribution < -0.4 is 0 Å². The smallest absolute Gasteiger partial charge is 0.310 e. The molecule has 2 aromatic carbocycles. The van der Waals surface area contributed by atoms with E-state index in [1.807, 2.05) is 56.3 Å². The van der Waals surface area contributed by atoms with Crippen LogP contribution in [-0.2, 0) is 30.6 Å². The van der Waals surface area contributed by atoms with Gasteiger partial charge in [-0.3, -0.25) is 9.59 Å². The molecule has 0 spiro atoms. The number of amides is 1. The lowest BCUT2D eigenvalue weighted by Gasteiger charge is -2.33. The average molecular weight is 418 g/mol. The quantitative estimate of drug-likeness (QED) is 0.647. The number of fused-ring (bicyclic) bond motifs is 1. The molecule has 1 aliphatic heterocycles. The molecule has 7 heteroatoms. The predicted molar refractivity (Wildman–Crippen MR) is 112 cm³/mol. The van der Waals surface area contributed by atoms with E-state index in [1.54, 1.807) is 4.90 Å². The van der Waals surface area contributed by atoms with Gasteiger partial charge in [0.2, 0.25) is 0 Å². The van der Waals surface area contributed by atoms with Crippen LogP contribution in [0.1, 0.15) is 32.3 Å². The highest BCUT2D eigenvalue weighted by molar-refractivity contribution is 7.91. The second-order valence-corrected chi connectivity index (χ2v) is 9.82. The first-order valence-corrected chi connectivity index (χ1v) is 11.8. The van der Waals surface area contributed by atoms with E-state index in [2.05, 4.69) is 0 Å². The molecule has 0 unspecified atom stereocenters. The maximum absolute atomic E-state index is 12.8. The fourth-order valence-corrected chi connectivity index (χ4v) is 5.58. The second kappa shape index (κ2) is 8.95. The number of hydrogen-bond acceptors (Lipinski definition) is 5. The van der Waals surface area contributed by atoms with Gasteiger partial charge in [-0.1, -0.05) is 49.4 Å². The van der Waals surface area contributed by atoms with Crippen LogP contribution in [0.25, 0.3) is 10.8 Å². The first kappa shape index (κ1) is 21.3. The Balaban J connectivity index is 1.64. The van der Waals surface area contributed by atoms with E-state index in [0.29, 0.717) is 12.8 Å². The van der Waals surface area contributed by atoms with E-state index in [1.165, 1.54) is 0 Å². The molecule has 0 aliphatic carbocycles. The molecule has 29 heavy (non-hydrogen) atoms. The summed E-state index contributed by atoms with van der Waals surface area (Å²) in [6.07, 6.45) is 1.21. The van der Waals surface area contributed by atoms with Gasteiger partial charge >= 0.3 is 5.97 Å². The summed E-state index contributed by atoms with van der Waals surface area (Å²) < 4.78 is 28.9. The largest absolute Gasteiger partial charge is 0.455 e. The van der Waals surface area contributed by atoms with Crippen LogP contribution in [0, 0.1) is 0 Å². The van der Waals surface area contributed by atoms with Crippen LogP contribution in [0.2, 0.25) is 0 Å². The van der Waals surface area contributed by atoms with E-state index in [-0.39, 0.29) is 42.5 Å². The van der Waals surface area contributed by atoms with E-state index < -0.39 is 15.8 Å². The molecular weight excluding hydrogens is 390 g/mol. The Kier molecular flexibility index (Phi) is 6.57. The van der Waals surface area contributed by atoms with Gasteiger partial charge in [-0.05, 0) is 36.1 Å². The van der Waals surface area contributed by atoms with Gasteiger partial charge in [-0.25, -0.2) is 8.42 Å². The standard InChI is InChI=1S/C22H27NO5S/c1-3-16(2)23(19-11-12-29(26,27)15-19)21(24)14-28-22(25)13-18-9-6-8-17-7-4-5-10-20(17)18/h4-10,16,19H,3,11-15H2,1-2H3/t16-,19-/m0/s1. The molecule has 2 aromatic rings. The summed E-state index contributed by atoms with van der Waals surface area (Å²) in [6, 6.07) is 13.1. The molecule has 1 amide bonds. The zero-order chi connectivity index (χ0) is 21.0. The minimum atomic E-state index is -3.11. The molecule has 1 heterocycles. The Hall–Kier alpha value is -2.41. The highest BCUT2D eigenvalue weighted by atomic mass is 32.2. The van der Waals surface area contributed by atoms with Crippen LogP contribution in [0.15, 0.2) is 42.5 Å². The van der Waals surface area contributed by atoms with Crippen molar-refractivity contribution in [3.8, 4) is 0 Å². The highest BCUT2D eigenvalue weighted by Crippen LogP contribution is 2.22. The normalized spacial score (nSPS) is 19.0. The van der Waals surface area contributed by atoms with Crippen LogP contribution in [0.5, 0.6) is 0 Å². The van der Waals surface area contributed by atoms with Gasteiger partial charge in [-0.15, -0.1) is 0 Å². The Bertz CT molecular complexity index is 996. The first-order valence-electron chi connectivity index (χ1n) is 9.94. The number of carbonyl (C=O) groups is 2. The number of esters is 1. The Morgan fingerprint density at radius 2 is 1.90 bits per heavy atom. The number of benzene rings is 2. The monoisotopic (exact) mass is 417 g/mol. The van der Waals surface area contributed by atoms with Crippen LogP contribution >= 0.6 is 0 Å². The Labute approximate surface area is 171 Å². The third kappa shape index (κ3) is 5.15. The molecule has 1 aliphatic rings. The molecule has 0 bridgehead atoms. The minimum Gasteiger partial charge on any atom is -0.455 e. The summed E-state index contributed by atoms with van der Waals surface area (Å²) >= 11 is 0. The molecule has 0 radical (unpaired) electrons. The summed E-state index contributed by atoms with van der Waals surface area (Å²) in [5, 5.41) is 2.02. The molecular formula is C22H27NO5S. The Morgan fingerprint density at radius 3 is 2.59 bits per heavy atom. The maximum atomic E-state index is 12.8. The van der Waals surface area contributed by atoms with Crippen molar-refractivity contribution in [1.82, 2.24) is 4.90 Å². The van der Waals surface area contributed by atoms with E-state index >= 15 is 0 Å². The molecule has 1 saturated heterocycles. The lowest BCUT2D eigenvalue weighted by Crippen LogP contribution is -2.48. The van der Waals surface area contributed by atoms with Crippen molar-refractivity contribution in [1.29, 1.82) is 0 Å². The molecule has 0 aromatic heterocycles. The van der Waals surface area contributed by atoms with Gasteiger partial charge in [0.25, 0.3) is 5.91 Å². The Morgan fingerprint density at radius 1 is 1.17 bits per heavy atom. The summed E-state index contributed by atoms with van der Waals surface area (Å²) in [6.45, 7) is 3.46. The van der Waals surface area contributed by atoms with Crippen molar-refractivity contribution in [2.24, 2.45) is 0 Å². The van der Waals surface area contributed by atoms with Crippen molar-refractivity contribution in [2.45, 2.75) is 45.2 Å². The summed E-state index contributed by atoms with van der Waals surface area (Å²) in [4.78, 5) is 26.7. The van der Waals surface area contributed by atoms with Crippen LogP contribution in [-0.4, -0.2) is 55.4 Å². The number of hydrogen-bond donors (Lipinski definition) is 0. The molecule has 2 atom stereocenters. The predicted octanol–water partition coefficient (Wildman–Crippen LogP) is 2.74. The third-order valence-electron chi connectivity index (χ3n) is 5.53.